The highest BCUT2D eigenvalue weighted by atomic mass is 32.2. The second-order valence-electron chi connectivity index (χ2n) is 9.00. The van der Waals surface area contributed by atoms with Gasteiger partial charge in [0.05, 0.1) is 5.41 Å². The summed E-state index contributed by atoms with van der Waals surface area (Å²) in [7, 11) is 1.48. The van der Waals surface area contributed by atoms with Crippen molar-refractivity contribution in [1.82, 2.24) is 0 Å². The molecule has 1 N–H and O–H groups in total. The van der Waals surface area contributed by atoms with Crippen molar-refractivity contribution in [3.05, 3.63) is 11.6 Å². The standard InChI is InChI=1S/C20H28O6S/c1-10(2)27-20-11(9-12(21)25-17(20)24-5)18(3)7-6-8-19(4)14(18)13(15(20)22)26-16(19)23/h9-10,13-15,17,22H,6-8H2,1-5H3/t13-,14+,15+,17-,18+,19-,20?/m0/s1. The van der Waals surface area contributed by atoms with Crippen molar-refractivity contribution >= 4 is 23.7 Å². The first-order chi connectivity index (χ1) is 12.6. The van der Waals surface area contributed by atoms with Crippen LogP contribution in [0.2, 0.25) is 0 Å². The van der Waals surface area contributed by atoms with Crippen molar-refractivity contribution in [2.45, 2.75) is 75.5 Å². The minimum absolute atomic E-state index is 0.143. The highest BCUT2D eigenvalue weighted by molar-refractivity contribution is 8.01. The van der Waals surface area contributed by atoms with E-state index < -0.39 is 40.0 Å². The van der Waals surface area contributed by atoms with Crippen molar-refractivity contribution in [1.29, 1.82) is 0 Å². The summed E-state index contributed by atoms with van der Waals surface area (Å²) in [5.41, 5.74) is -0.242. The van der Waals surface area contributed by atoms with E-state index in [1.807, 2.05) is 20.8 Å². The number of rotatable bonds is 3. The Morgan fingerprint density at radius 3 is 2.52 bits per heavy atom. The number of aliphatic hydroxyl groups excluding tert-OH is 1. The molecule has 2 aliphatic heterocycles. The maximum Gasteiger partial charge on any atom is 0.333 e. The second kappa shape index (κ2) is 5.97. The topological polar surface area (TPSA) is 82.1 Å². The van der Waals surface area contributed by atoms with E-state index in [0.717, 1.165) is 24.8 Å². The van der Waals surface area contributed by atoms with Crippen molar-refractivity contribution < 1.29 is 28.9 Å². The fourth-order valence-electron chi connectivity index (χ4n) is 6.21. The molecule has 4 rings (SSSR count). The van der Waals surface area contributed by atoms with Gasteiger partial charge >= 0.3 is 11.9 Å². The van der Waals surface area contributed by atoms with Crippen LogP contribution in [0.15, 0.2) is 11.6 Å². The van der Waals surface area contributed by atoms with Gasteiger partial charge in [0.1, 0.15) is 17.0 Å². The zero-order chi connectivity index (χ0) is 19.8. The van der Waals surface area contributed by atoms with E-state index in [9.17, 15) is 14.7 Å². The van der Waals surface area contributed by atoms with Gasteiger partial charge in [0, 0.05) is 24.4 Å². The minimum Gasteiger partial charge on any atom is -0.459 e. The number of thioether (sulfide) groups is 1. The number of hydrogen-bond donors (Lipinski definition) is 1. The molecule has 2 saturated carbocycles. The molecule has 7 atom stereocenters. The molecule has 7 heteroatoms. The van der Waals surface area contributed by atoms with Crippen molar-refractivity contribution in [2.24, 2.45) is 16.7 Å². The Morgan fingerprint density at radius 2 is 1.89 bits per heavy atom. The normalized spacial score (nSPS) is 48.5. The molecule has 27 heavy (non-hydrogen) atoms. The van der Waals surface area contributed by atoms with Gasteiger partial charge in [0.15, 0.2) is 0 Å². The van der Waals surface area contributed by atoms with E-state index in [2.05, 4.69) is 6.92 Å². The largest absolute Gasteiger partial charge is 0.459 e. The molecule has 0 aromatic rings. The number of methoxy groups -OCH3 is 1. The summed E-state index contributed by atoms with van der Waals surface area (Å²) in [6.45, 7) is 8.13. The SMILES string of the molecule is CO[C@H]1OC(=O)C=C2C1(SC(C)C)[C@H](O)[C@H]1OC(=O)[C@@]3(C)CCC[C@@]2(C)[C@@H]13. The average molecular weight is 397 g/mol. The van der Waals surface area contributed by atoms with Gasteiger partial charge in [-0.1, -0.05) is 27.2 Å². The van der Waals surface area contributed by atoms with E-state index in [0.29, 0.717) is 0 Å². The Labute approximate surface area is 164 Å². The number of ether oxygens (including phenoxy) is 3. The fraction of sp³-hybridized carbons (Fsp3) is 0.800. The van der Waals surface area contributed by atoms with Gasteiger partial charge in [0.2, 0.25) is 6.29 Å². The number of hydrogen-bond acceptors (Lipinski definition) is 7. The Morgan fingerprint density at radius 1 is 1.22 bits per heavy atom. The average Bonchev–Trinajstić information content (AvgIpc) is 2.86. The third-order valence-corrected chi connectivity index (χ3v) is 8.59. The Bertz CT molecular complexity index is 719. The van der Waals surface area contributed by atoms with Crippen LogP contribution in [0.3, 0.4) is 0 Å². The highest BCUT2D eigenvalue weighted by Gasteiger charge is 2.75. The van der Waals surface area contributed by atoms with Crippen molar-refractivity contribution in [2.75, 3.05) is 7.11 Å². The minimum atomic E-state index is -1.02. The number of carbonyl (C=O) groups excluding carboxylic acids is 2. The van der Waals surface area contributed by atoms with E-state index in [4.69, 9.17) is 14.2 Å². The summed E-state index contributed by atoms with van der Waals surface area (Å²) in [5, 5.41) is 11.7. The smallest absolute Gasteiger partial charge is 0.333 e. The molecule has 4 aliphatic rings. The molecule has 6 nitrogen and oxygen atoms in total. The second-order valence-corrected chi connectivity index (χ2v) is 10.9. The third kappa shape index (κ3) is 2.28. The number of esters is 2. The van der Waals surface area contributed by atoms with Crippen LogP contribution >= 0.6 is 11.8 Å². The fourth-order valence-corrected chi connectivity index (χ4v) is 7.93. The van der Waals surface area contributed by atoms with Crippen LogP contribution in [0, 0.1) is 16.7 Å². The van der Waals surface area contributed by atoms with Crippen LogP contribution in [0.25, 0.3) is 0 Å². The first-order valence-electron chi connectivity index (χ1n) is 9.64. The maximum atomic E-state index is 12.8. The first kappa shape index (κ1) is 19.3. The molecular formula is C20H28O6S. The van der Waals surface area contributed by atoms with E-state index >= 15 is 0 Å². The number of fused-ring (bicyclic) bond motifs is 2. The molecule has 0 amide bonds. The summed E-state index contributed by atoms with van der Waals surface area (Å²) in [6.07, 6.45) is 1.40. The molecule has 0 spiro atoms. The van der Waals surface area contributed by atoms with E-state index in [1.165, 1.54) is 18.9 Å². The van der Waals surface area contributed by atoms with Crippen LogP contribution in [0.4, 0.5) is 0 Å². The molecular weight excluding hydrogens is 368 g/mol. The lowest BCUT2D eigenvalue weighted by Gasteiger charge is -2.61. The van der Waals surface area contributed by atoms with Gasteiger partial charge in [0.25, 0.3) is 0 Å². The summed E-state index contributed by atoms with van der Waals surface area (Å²) in [4.78, 5) is 25.2. The quantitative estimate of drug-likeness (QED) is 0.734. The van der Waals surface area contributed by atoms with Gasteiger partial charge in [-0.25, -0.2) is 4.79 Å². The summed E-state index contributed by atoms with van der Waals surface area (Å²) in [6, 6.07) is 0. The Kier molecular flexibility index (Phi) is 4.26. The third-order valence-electron chi connectivity index (χ3n) is 7.07. The van der Waals surface area contributed by atoms with Crippen LogP contribution in [-0.4, -0.2) is 52.6 Å². The summed E-state index contributed by atoms with van der Waals surface area (Å²) in [5.74, 6) is -0.870. The molecule has 150 valence electrons. The van der Waals surface area contributed by atoms with Crippen LogP contribution in [-0.2, 0) is 23.8 Å². The Balaban J connectivity index is 1.97. The summed E-state index contributed by atoms with van der Waals surface area (Å²) >= 11 is 1.53. The molecule has 3 fully saturated rings. The lowest BCUT2D eigenvalue weighted by atomic mass is 9.47. The van der Waals surface area contributed by atoms with Gasteiger partial charge in [-0.05, 0) is 30.8 Å². The van der Waals surface area contributed by atoms with E-state index in [-0.39, 0.29) is 17.1 Å². The lowest BCUT2D eigenvalue weighted by molar-refractivity contribution is -0.201. The predicted molar refractivity (Wildman–Crippen MR) is 99.9 cm³/mol. The van der Waals surface area contributed by atoms with Gasteiger partial charge in [-0.15, -0.1) is 11.8 Å². The molecule has 0 aromatic heterocycles. The van der Waals surface area contributed by atoms with Crippen molar-refractivity contribution in [3.8, 4) is 0 Å². The van der Waals surface area contributed by atoms with Gasteiger partial charge in [-0.3, -0.25) is 4.79 Å². The van der Waals surface area contributed by atoms with E-state index in [1.54, 1.807) is 6.08 Å². The molecule has 1 unspecified atom stereocenters. The summed E-state index contributed by atoms with van der Waals surface area (Å²) < 4.78 is 15.9. The van der Waals surface area contributed by atoms with Crippen LogP contribution < -0.4 is 0 Å². The number of cyclic esters (lactones) is 1. The zero-order valence-electron chi connectivity index (χ0n) is 16.5. The maximum absolute atomic E-state index is 12.8. The van der Waals surface area contributed by atoms with Gasteiger partial charge in [-0.2, -0.15) is 0 Å². The molecule has 2 aliphatic carbocycles. The molecule has 0 radical (unpaired) electrons. The van der Waals surface area contributed by atoms with Gasteiger partial charge < -0.3 is 19.3 Å². The zero-order valence-corrected chi connectivity index (χ0v) is 17.3. The first-order valence-corrected chi connectivity index (χ1v) is 10.5. The van der Waals surface area contributed by atoms with Crippen LogP contribution in [0.1, 0.15) is 47.0 Å². The van der Waals surface area contributed by atoms with Crippen LogP contribution in [0.5, 0.6) is 0 Å². The Hall–Kier alpha value is -1.05. The highest BCUT2D eigenvalue weighted by Crippen LogP contribution is 2.69. The predicted octanol–water partition coefficient (Wildman–Crippen LogP) is 2.44. The van der Waals surface area contributed by atoms with Crippen molar-refractivity contribution in [3.63, 3.8) is 0 Å². The number of aliphatic hydroxyl groups is 1. The molecule has 0 aromatic carbocycles. The molecule has 1 saturated heterocycles. The number of carbonyl (C=O) groups is 2. The molecule has 0 bridgehead atoms. The lowest BCUT2D eigenvalue weighted by Crippen LogP contribution is -2.70. The molecule has 2 heterocycles. The monoisotopic (exact) mass is 396 g/mol.